The largest absolute Gasteiger partial charge is 0.462 e. The van der Waals surface area contributed by atoms with Gasteiger partial charge in [0.2, 0.25) is 0 Å². The molecule has 0 aliphatic heterocycles. The molecule has 0 spiro atoms. The summed E-state index contributed by atoms with van der Waals surface area (Å²) in [6.07, 6.45) is 0.739. The summed E-state index contributed by atoms with van der Waals surface area (Å²) in [6.45, 7) is 12.6. The molecule has 0 fully saturated rings. The number of rotatable bonds is 7. The van der Waals surface area contributed by atoms with E-state index in [2.05, 4.69) is 20.8 Å². The molecule has 0 aromatic heterocycles. The molecular formula is C26H34O4. The maximum atomic E-state index is 12.6. The van der Waals surface area contributed by atoms with Gasteiger partial charge < -0.3 is 9.47 Å². The van der Waals surface area contributed by atoms with E-state index >= 15 is 0 Å². The average Bonchev–Trinajstić information content (AvgIpc) is 2.68. The molecule has 0 heterocycles. The minimum atomic E-state index is -0.423. The molecule has 162 valence electrons. The van der Waals surface area contributed by atoms with Gasteiger partial charge in [0.25, 0.3) is 0 Å². The summed E-state index contributed by atoms with van der Waals surface area (Å²) in [5.41, 5.74) is 2.43. The number of esters is 2. The number of hydrogen-bond donors (Lipinski definition) is 0. The molecule has 30 heavy (non-hydrogen) atoms. The summed E-state index contributed by atoms with van der Waals surface area (Å²) in [5.74, 6) is -0.868. The molecule has 4 nitrogen and oxygen atoms in total. The Morgan fingerprint density at radius 3 is 1.83 bits per heavy atom. The number of ether oxygens (including phenoxy) is 2. The van der Waals surface area contributed by atoms with E-state index in [9.17, 15) is 9.59 Å². The van der Waals surface area contributed by atoms with Crippen molar-refractivity contribution in [3.05, 3.63) is 60.2 Å². The van der Waals surface area contributed by atoms with Crippen LogP contribution in [-0.4, -0.2) is 25.2 Å². The SMILES string of the molecule is CC(C)(C)CC(C(=O)OCCOC(=O)c1ccc(-c2ccccc2)cc1)C(C)(C)C. The van der Waals surface area contributed by atoms with Crippen LogP contribution in [0.4, 0.5) is 0 Å². The van der Waals surface area contributed by atoms with Crippen LogP contribution < -0.4 is 0 Å². The zero-order valence-corrected chi connectivity index (χ0v) is 19.0. The Balaban J connectivity index is 1.84. The molecule has 0 radical (unpaired) electrons. The van der Waals surface area contributed by atoms with Crippen LogP contribution in [0.3, 0.4) is 0 Å². The van der Waals surface area contributed by atoms with E-state index in [4.69, 9.17) is 9.47 Å². The first-order valence-corrected chi connectivity index (χ1v) is 10.5. The highest BCUT2D eigenvalue weighted by Crippen LogP contribution is 2.36. The van der Waals surface area contributed by atoms with E-state index < -0.39 is 5.97 Å². The van der Waals surface area contributed by atoms with Crippen LogP contribution in [0.5, 0.6) is 0 Å². The van der Waals surface area contributed by atoms with Crippen molar-refractivity contribution in [3.63, 3.8) is 0 Å². The van der Waals surface area contributed by atoms with Gasteiger partial charge >= 0.3 is 11.9 Å². The summed E-state index contributed by atoms with van der Waals surface area (Å²) in [5, 5.41) is 0. The predicted molar refractivity (Wildman–Crippen MR) is 120 cm³/mol. The molecule has 0 saturated heterocycles. The third-order valence-electron chi connectivity index (χ3n) is 4.93. The summed E-state index contributed by atoms with van der Waals surface area (Å²) in [7, 11) is 0. The first-order valence-electron chi connectivity index (χ1n) is 10.5. The normalized spacial score (nSPS) is 12.9. The van der Waals surface area contributed by atoms with E-state index in [1.165, 1.54) is 0 Å². The van der Waals surface area contributed by atoms with E-state index in [0.717, 1.165) is 17.5 Å². The molecule has 0 bridgehead atoms. The molecule has 1 unspecified atom stereocenters. The molecule has 1 atom stereocenters. The van der Waals surface area contributed by atoms with Gasteiger partial charge in [0.05, 0.1) is 11.5 Å². The summed E-state index contributed by atoms with van der Waals surface area (Å²) < 4.78 is 10.7. The van der Waals surface area contributed by atoms with Crippen molar-refractivity contribution in [1.29, 1.82) is 0 Å². The van der Waals surface area contributed by atoms with Crippen LogP contribution in [0.15, 0.2) is 54.6 Å². The highest BCUT2D eigenvalue weighted by atomic mass is 16.6. The van der Waals surface area contributed by atoms with Gasteiger partial charge in [-0.3, -0.25) is 4.79 Å². The van der Waals surface area contributed by atoms with Gasteiger partial charge in [-0.1, -0.05) is 84.0 Å². The van der Waals surface area contributed by atoms with Gasteiger partial charge in [-0.05, 0) is 40.5 Å². The van der Waals surface area contributed by atoms with Gasteiger partial charge in [-0.15, -0.1) is 0 Å². The third kappa shape index (κ3) is 7.33. The third-order valence-corrected chi connectivity index (χ3v) is 4.93. The fraction of sp³-hybridized carbons (Fsp3) is 0.462. The van der Waals surface area contributed by atoms with Gasteiger partial charge in [-0.2, -0.15) is 0 Å². The Labute approximate surface area is 180 Å². The molecule has 0 N–H and O–H groups in total. The summed E-state index contributed by atoms with van der Waals surface area (Å²) >= 11 is 0. The van der Waals surface area contributed by atoms with Crippen molar-refractivity contribution < 1.29 is 19.1 Å². The Hall–Kier alpha value is -2.62. The van der Waals surface area contributed by atoms with Crippen molar-refractivity contribution in [1.82, 2.24) is 0 Å². The van der Waals surface area contributed by atoms with E-state index in [1.54, 1.807) is 12.1 Å². The Bertz CT molecular complexity index is 824. The lowest BCUT2D eigenvalue weighted by Gasteiger charge is -2.33. The molecule has 0 aliphatic rings. The van der Waals surface area contributed by atoms with Crippen LogP contribution in [0.25, 0.3) is 11.1 Å². The van der Waals surface area contributed by atoms with Crippen LogP contribution in [0.2, 0.25) is 0 Å². The molecular weight excluding hydrogens is 376 g/mol. The second kappa shape index (κ2) is 9.92. The van der Waals surface area contributed by atoms with E-state index in [1.807, 2.05) is 63.2 Å². The van der Waals surface area contributed by atoms with Gasteiger partial charge in [0, 0.05) is 0 Å². The highest BCUT2D eigenvalue weighted by molar-refractivity contribution is 5.90. The van der Waals surface area contributed by atoms with Crippen molar-refractivity contribution in [2.24, 2.45) is 16.7 Å². The highest BCUT2D eigenvalue weighted by Gasteiger charge is 2.35. The van der Waals surface area contributed by atoms with Gasteiger partial charge in [0.1, 0.15) is 13.2 Å². The minimum absolute atomic E-state index is 0.0232. The zero-order valence-electron chi connectivity index (χ0n) is 19.0. The van der Waals surface area contributed by atoms with E-state index in [0.29, 0.717) is 5.56 Å². The lowest BCUT2D eigenvalue weighted by molar-refractivity contribution is -0.155. The first-order chi connectivity index (χ1) is 14.0. The predicted octanol–water partition coefficient (Wildman–Crippen LogP) is 6.15. The maximum absolute atomic E-state index is 12.6. The minimum Gasteiger partial charge on any atom is -0.462 e. The van der Waals surface area contributed by atoms with Crippen LogP contribution in [0.1, 0.15) is 58.3 Å². The molecule has 0 saturated carbocycles. The Morgan fingerprint density at radius 2 is 1.30 bits per heavy atom. The monoisotopic (exact) mass is 410 g/mol. The zero-order chi connectivity index (χ0) is 22.4. The number of carbonyl (C=O) groups excluding carboxylic acids is 2. The molecule has 2 aromatic carbocycles. The molecule has 0 amide bonds. The van der Waals surface area contributed by atoms with E-state index in [-0.39, 0.29) is 35.9 Å². The lowest BCUT2D eigenvalue weighted by atomic mass is 9.72. The Kier molecular flexibility index (Phi) is 7.83. The van der Waals surface area contributed by atoms with Crippen LogP contribution >= 0.6 is 0 Å². The quantitative estimate of drug-likeness (QED) is 0.406. The topological polar surface area (TPSA) is 52.6 Å². The lowest BCUT2D eigenvalue weighted by Crippen LogP contribution is -2.34. The maximum Gasteiger partial charge on any atom is 0.338 e. The smallest absolute Gasteiger partial charge is 0.338 e. The summed E-state index contributed by atoms with van der Waals surface area (Å²) in [4.78, 5) is 24.8. The van der Waals surface area contributed by atoms with Crippen molar-refractivity contribution in [2.75, 3.05) is 13.2 Å². The molecule has 2 rings (SSSR count). The fourth-order valence-corrected chi connectivity index (χ4v) is 3.25. The van der Waals surface area contributed by atoms with Crippen LogP contribution in [-0.2, 0) is 14.3 Å². The van der Waals surface area contributed by atoms with Crippen molar-refractivity contribution in [2.45, 2.75) is 48.0 Å². The van der Waals surface area contributed by atoms with Crippen molar-refractivity contribution >= 4 is 11.9 Å². The first kappa shape index (κ1) is 23.7. The van der Waals surface area contributed by atoms with Crippen LogP contribution in [0, 0.1) is 16.7 Å². The molecule has 0 aliphatic carbocycles. The second-order valence-electron chi connectivity index (χ2n) is 9.93. The van der Waals surface area contributed by atoms with Gasteiger partial charge in [0.15, 0.2) is 0 Å². The summed E-state index contributed by atoms with van der Waals surface area (Å²) in [6, 6.07) is 17.2. The standard InChI is InChI=1S/C26H34O4/c1-25(2,3)18-22(26(4,5)6)24(28)30-17-16-29-23(27)21-14-12-20(13-15-21)19-10-8-7-9-11-19/h7-15,22H,16-18H2,1-6H3. The van der Waals surface area contributed by atoms with Crippen molar-refractivity contribution in [3.8, 4) is 11.1 Å². The number of carbonyl (C=O) groups is 2. The Morgan fingerprint density at radius 1 is 0.767 bits per heavy atom. The number of hydrogen-bond acceptors (Lipinski definition) is 4. The average molecular weight is 411 g/mol. The second-order valence-corrected chi connectivity index (χ2v) is 9.93. The van der Waals surface area contributed by atoms with Gasteiger partial charge in [-0.25, -0.2) is 4.79 Å². The molecule has 4 heteroatoms. The number of benzene rings is 2. The molecule has 2 aromatic rings. The fourth-order valence-electron chi connectivity index (χ4n) is 3.25.